The Kier molecular flexibility index (Phi) is 6.41. The summed E-state index contributed by atoms with van der Waals surface area (Å²) in [6, 6.07) is 0. The SMILES string of the molecule is CC(C)C[C@@H](O)[C@H](O)[C@@H](C)[C@H]1CC[C@H]2[C@@H]3CC[C@H]4C[C@H](O)CC[C@]4(C)[C@H]3CC[C@]12C. The summed E-state index contributed by atoms with van der Waals surface area (Å²) in [5.74, 6) is 4.26. The van der Waals surface area contributed by atoms with Gasteiger partial charge in [-0.15, -0.1) is 0 Å². The molecule has 174 valence electrons. The lowest BCUT2D eigenvalue weighted by Gasteiger charge is -2.61. The molecule has 0 spiro atoms. The monoisotopic (exact) mass is 420 g/mol. The van der Waals surface area contributed by atoms with Crippen LogP contribution in [-0.4, -0.2) is 33.6 Å². The molecule has 4 aliphatic rings. The van der Waals surface area contributed by atoms with Crippen LogP contribution < -0.4 is 0 Å². The molecule has 0 radical (unpaired) electrons. The zero-order valence-electron chi connectivity index (χ0n) is 20.2. The molecule has 0 heterocycles. The van der Waals surface area contributed by atoms with E-state index in [1.807, 2.05) is 0 Å². The van der Waals surface area contributed by atoms with E-state index in [1.54, 1.807) is 0 Å². The first kappa shape index (κ1) is 23.1. The second-order valence-electron chi connectivity index (χ2n) is 12.9. The quantitative estimate of drug-likeness (QED) is 0.557. The van der Waals surface area contributed by atoms with Crippen LogP contribution in [0.3, 0.4) is 0 Å². The first-order chi connectivity index (χ1) is 14.1. The summed E-state index contributed by atoms with van der Waals surface area (Å²) in [6.45, 7) is 11.5. The van der Waals surface area contributed by atoms with Gasteiger partial charge in [-0.05, 0) is 116 Å². The highest BCUT2D eigenvalue weighted by Crippen LogP contribution is 2.68. The van der Waals surface area contributed by atoms with Crippen molar-refractivity contribution >= 4 is 0 Å². The first-order valence-electron chi connectivity index (χ1n) is 13.1. The van der Waals surface area contributed by atoms with Crippen molar-refractivity contribution in [2.24, 2.45) is 52.3 Å². The minimum Gasteiger partial charge on any atom is -0.393 e. The van der Waals surface area contributed by atoms with Crippen LogP contribution in [0.2, 0.25) is 0 Å². The van der Waals surface area contributed by atoms with Crippen molar-refractivity contribution < 1.29 is 15.3 Å². The van der Waals surface area contributed by atoms with E-state index < -0.39 is 12.2 Å². The summed E-state index contributed by atoms with van der Waals surface area (Å²) >= 11 is 0. The number of aliphatic hydroxyl groups is 3. The number of rotatable bonds is 5. The Bertz CT molecular complexity index is 605. The maximum Gasteiger partial charge on any atom is 0.0827 e. The molecule has 4 saturated carbocycles. The van der Waals surface area contributed by atoms with Crippen molar-refractivity contribution in [2.75, 3.05) is 0 Å². The molecule has 0 aliphatic heterocycles. The Morgan fingerprint density at radius 1 is 0.833 bits per heavy atom. The molecule has 0 bridgehead atoms. The van der Waals surface area contributed by atoms with Crippen molar-refractivity contribution in [3.63, 3.8) is 0 Å². The lowest BCUT2D eigenvalue weighted by Crippen LogP contribution is -2.54. The number of aliphatic hydroxyl groups excluding tert-OH is 3. The van der Waals surface area contributed by atoms with Gasteiger partial charge in [0, 0.05) is 0 Å². The Balaban J connectivity index is 1.50. The summed E-state index contributed by atoms with van der Waals surface area (Å²) in [5.41, 5.74) is 0.747. The predicted molar refractivity (Wildman–Crippen MR) is 122 cm³/mol. The average molecular weight is 421 g/mol. The third-order valence-electron chi connectivity index (χ3n) is 11.0. The summed E-state index contributed by atoms with van der Waals surface area (Å²) in [5, 5.41) is 31.8. The van der Waals surface area contributed by atoms with Crippen LogP contribution >= 0.6 is 0 Å². The van der Waals surface area contributed by atoms with Gasteiger partial charge in [0.25, 0.3) is 0 Å². The van der Waals surface area contributed by atoms with Crippen LogP contribution in [-0.2, 0) is 0 Å². The molecule has 30 heavy (non-hydrogen) atoms. The smallest absolute Gasteiger partial charge is 0.0827 e. The van der Waals surface area contributed by atoms with E-state index >= 15 is 0 Å². The Morgan fingerprint density at radius 3 is 2.20 bits per heavy atom. The number of hydrogen-bond acceptors (Lipinski definition) is 3. The molecule has 4 fully saturated rings. The van der Waals surface area contributed by atoms with Gasteiger partial charge in [0.05, 0.1) is 18.3 Å². The summed E-state index contributed by atoms with van der Waals surface area (Å²) in [4.78, 5) is 0. The molecule has 3 nitrogen and oxygen atoms in total. The van der Waals surface area contributed by atoms with Crippen LogP contribution in [0.25, 0.3) is 0 Å². The van der Waals surface area contributed by atoms with Gasteiger partial charge in [-0.25, -0.2) is 0 Å². The molecule has 3 N–H and O–H groups in total. The molecule has 0 aromatic carbocycles. The maximum absolute atomic E-state index is 11.0. The van der Waals surface area contributed by atoms with E-state index in [1.165, 1.54) is 44.9 Å². The standard InChI is InChI=1S/C27H48O3/c1-16(2)14-24(29)25(30)17(3)21-8-9-22-20-7-6-18-15-19(28)10-12-26(18,4)23(20)11-13-27(21,22)5/h16-25,28-30H,6-15H2,1-5H3/t17-,18-,19+,20-,21+,22-,23-,24+,25+,26-,27+/m0/s1. The second-order valence-corrected chi connectivity index (χ2v) is 12.9. The fourth-order valence-electron chi connectivity index (χ4n) is 9.35. The van der Waals surface area contributed by atoms with Gasteiger partial charge >= 0.3 is 0 Å². The maximum atomic E-state index is 11.0. The summed E-state index contributed by atoms with van der Waals surface area (Å²) in [7, 11) is 0. The minimum atomic E-state index is -0.598. The molecule has 0 aromatic rings. The summed E-state index contributed by atoms with van der Waals surface area (Å²) in [6.07, 6.45) is 10.5. The second kappa shape index (κ2) is 8.34. The van der Waals surface area contributed by atoms with Crippen molar-refractivity contribution in [3.05, 3.63) is 0 Å². The lowest BCUT2D eigenvalue weighted by atomic mass is 9.44. The normalized spacial score (nSPS) is 49.1. The minimum absolute atomic E-state index is 0.0658. The lowest BCUT2D eigenvalue weighted by molar-refractivity contribution is -0.135. The van der Waals surface area contributed by atoms with Crippen LogP contribution in [0.1, 0.15) is 98.8 Å². The van der Waals surface area contributed by atoms with Crippen molar-refractivity contribution in [1.82, 2.24) is 0 Å². The van der Waals surface area contributed by atoms with E-state index in [4.69, 9.17) is 0 Å². The molecular formula is C27H48O3. The van der Waals surface area contributed by atoms with Crippen LogP contribution in [0, 0.1) is 52.3 Å². The Labute approximate surface area is 185 Å². The van der Waals surface area contributed by atoms with E-state index in [2.05, 4.69) is 34.6 Å². The van der Waals surface area contributed by atoms with Gasteiger partial charge in [-0.2, -0.15) is 0 Å². The van der Waals surface area contributed by atoms with Crippen LogP contribution in [0.4, 0.5) is 0 Å². The Morgan fingerprint density at radius 2 is 1.50 bits per heavy atom. The molecule has 11 atom stereocenters. The van der Waals surface area contributed by atoms with Gasteiger partial charge in [-0.3, -0.25) is 0 Å². The third kappa shape index (κ3) is 3.69. The largest absolute Gasteiger partial charge is 0.393 e. The van der Waals surface area contributed by atoms with Gasteiger partial charge in [0.2, 0.25) is 0 Å². The molecule has 0 aromatic heterocycles. The molecule has 4 aliphatic carbocycles. The highest BCUT2D eigenvalue weighted by Gasteiger charge is 2.61. The van der Waals surface area contributed by atoms with Crippen LogP contribution in [0.15, 0.2) is 0 Å². The average Bonchev–Trinajstić information content (AvgIpc) is 3.04. The van der Waals surface area contributed by atoms with E-state index in [0.717, 1.165) is 36.5 Å². The van der Waals surface area contributed by atoms with E-state index in [-0.39, 0.29) is 12.0 Å². The zero-order chi connectivity index (χ0) is 21.8. The van der Waals surface area contributed by atoms with Gasteiger partial charge < -0.3 is 15.3 Å². The van der Waals surface area contributed by atoms with Crippen molar-refractivity contribution in [2.45, 2.75) is 117 Å². The predicted octanol–water partition coefficient (Wildman–Crippen LogP) is 5.41. The first-order valence-corrected chi connectivity index (χ1v) is 13.1. The third-order valence-corrected chi connectivity index (χ3v) is 11.0. The number of fused-ring (bicyclic) bond motifs is 5. The molecule has 0 amide bonds. The Hall–Kier alpha value is -0.120. The zero-order valence-corrected chi connectivity index (χ0v) is 20.2. The number of hydrogen-bond donors (Lipinski definition) is 3. The van der Waals surface area contributed by atoms with E-state index in [0.29, 0.717) is 29.1 Å². The molecular weight excluding hydrogens is 372 g/mol. The molecule has 0 unspecified atom stereocenters. The van der Waals surface area contributed by atoms with Crippen molar-refractivity contribution in [3.8, 4) is 0 Å². The van der Waals surface area contributed by atoms with Gasteiger partial charge in [-0.1, -0.05) is 34.6 Å². The van der Waals surface area contributed by atoms with E-state index in [9.17, 15) is 15.3 Å². The van der Waals surface area contributed by atoms with Crippen molar-refractivity contribution in [1.29, 1.82) is 0 Å². The van der Waals surface area contributed by atoms with Gasteiger partial charge in [0.15, 0.2) is 0 Å². The fraction of sp³-hybridized carbons (Fsp3) is 1.00. The molecule has 4 rings (SSSR count). The highest BCUT2D eigenvalue weighted by molar-refractivity contribution is 5.10. The molecule has 3 heteroatoms. The van der Waals surface area contributed by atoms with Gasteiger partial charge in [0.1, 0.15) is 0 Å². The van der Waals surface area contributed by atoms with Crippen LogP contribution in [0.5, 0.6) is 0 Å². The fourth-order valence-corrected chi connectivity index (χ4v) is 9.35. The topological polar surface area (TPSA) is 60.7 Å². The highest BCUT2D eigenvalue weighted by atomic mass is 16.3. The summed E-state index contributed by atoms with van der Waals surface area (Å²) < 4.78 is 0. The molecule has 0 saturated heterocycles.